The third-order valence-corrected chi connectivity index (χ3v) is 4.25. The summed E-state index contributed by atoms with van der Waals surface area (Å²) in [6.45, 7) is 0.526. The van der Waals surface area contributed by atoms with Gasteiger partial charge in [-0.3, -0.25) is 10.1 Å². The first kappa shape index (κ1) is 13.6. The first-order valence-electron chi connectivity index (χ1n) is 4.98. The molecule has 18 heavy (non-hydrogen) atoms. The maximum absolute atomic E-state index is 10.6. The van der Waals surface area contributed by atoms with E-state index in [0.717, 1.165) is 25.5 Å². The molecule has 0 bridgehead atoms. The predicted molar refractivity (Wildman–Crippen MR) is 82.5 cm³/mol. The molecule has 0 fully saturated rings. The lowest BCUT2D eigenvalue weighted by Crippen LogP contribution is -1.98. The van der Waals surface area contributed by atoms with Crippen LogP contribution < -0.4 is 5.32 Å². The minimum Gasteiger partial charge on any atom is -0.379 e. The number of nitro groups is 1. The van der Waals surface area contributed by atoms with Crippen LogP contribution in [0.5, 0.6) is 0 Å². The number of nitrogens with zero attached hydrogens (tertiary/aromatic N) is 1. The van der Waals surface area contributed by atoms with Crippen molar-refractivity contribution in [2.45, 2.75) is 6.54 Å². The molecule has 0 spiro atoms. The van der Waals surface area contributed by atoms with Gasteiger partial charge in [-0.15, -0.1) is 0 Å². The molecule has 0 aliphatic heterocycles. The largest absolute Gasteiger partial charge is 0.379 e. The molecule has 0 radical (unpaired) electrons. The van der Waals surface area contributed by atoms with Gasteiger partial charge in [0.15, 0.2) is 0 Å². The second-order valence-corrected chi connectivity index (χ2v) is 6.27. The summed E-state index contributed by atoms with van der Waals surface area (Å²) in [5, 5.41) is 14.5. The molecule has 0 saturated heterocycles. The average Bonchev–Trinajstić information content (AvgIpc) is 2.79. The molecule has 4 nitrogen and oxygen atoms in total. The van der Waals surface area contributed by atoms with E-state index < -0.39 is 0 Å². The summed E-state index contributed by atoms with van der Waals surface area (Å²) in [4.78, 5) is 11.1. The van der Waals surface area contributed by atoms with Crippen molar-refractivity contribution < 1.29 is 4.92 Å². The maximum Gasteiger partial charge on any atom is 0.324 e. The monoisotopic (exact) mass is 394 g/mol. The van der Waals surface area contributed by atoms with Crippen molar-refractivity contribution in [2.75, 3.05) is 5.32 Å². The minimum absolute atomic E-state index is 0.153. The number of anilines is 1. The van der Waals surface area contributed by atoms with E-state index in [4.69, 9.17) is 11.6 Å². The lowest BCUT2D eigenvalue weighted by atomic mass is 10.3. The van der Waals surface area contributed by atoms with Crippen molar-refractivity contribution >= 4 is 56.2 Å². The van der Waals surface area contributed by atoms with E-state index in [1.165, 1.54) is 6.07 Å². The van der Waals surface area contributed by atoms with Gasteiger partial charge in [0.2, 0.25) is 0 Å². The Kier molecular flexibility index (Phi) is 4.41. The van der Waals surface area contributed by atoms with Gasteiger partial charge in [-0.1, -0.05) is 22.9 Å². The molecule has 0 aliphatic rings. The molecule has 0 unspecified atom stereocenters. The van der Waals surface area contributed by atoms with Gasteiger partial charge in [0.25, 0.3) is 0 Å². The number of thiophene rings is 1. The van der Waals surface area contributed by atoms with Crippen molar-refractivity contribution in [2.24, 2.45) is 0 Å². The summed E-state index contributed by atoms with van der Waals surface area (Å²) in [6, 6.07) is 8.94. The molecule has 94 valence electrons. The van der Waals surface area contributed by atoms with Crippen LogP contribution in [0.25, 0.3) is 0 Å². The number of rotatable bonds is 4. The Labute approximate surface area is 126 Å². The standard InChI is InChI=1S/C11H8ClIN2O2S/c12-9-3-1-7(13)5-10(9)14-6-8-2-4-11(18-8)15(16)17/h1-5,14H,6H2. The summed E-state index contributed by atoms with van der Waals surface area (Å²) < 4.78 is 1.08. The van der Waals surface area contributed by atoms with Crippen LogP contribution in [0.1, 0.15) is 4.88 Å². The highest BCUT2D eigenvalue weighted by Gasteiger charge is 2.09. The molecule has 2 aromatic rings. The fourth-order valence-electron chi connectivity index (χ4n) is 1.38. The van der Waals surface area contributed by atoms with Crippen LogP contribution in [0.4, 0.5) is 10.7 Å². The summed E-state index contributed by atoms with van der Waals surface area (Å²) in [6.07, 6.45) is 0. The fourth-order valence-corrected chi connectivity index (χ4v) is 2.81. The molecule has 1 N–H and O–H groups in total. The molecule has 0 aliphatic carbocycles. The second-order valence-electron chi connectivity index (χ2n) is 3.47. The maximum atomic E-state index is 10.6. The van der Waals surface area contributed by atoms with Crippen LogP contribution in [0, 0.1) is 13.7 Å². The molecule has 7 heteroatoms. The lowest BCUT2D eigenvalue weighted by Gasteiger charge is -2.07. The SMILES string of the molecule is O=[N+]([O-])c1ccc(CNc2cc(I)ccc2Cl)s1. The summed E-state index contributed by atoms with van der Waals surface area (Å²) in [5.74, 6) is 0. The Balaban J connectivity index is 2.06. The Morgan fingerprint density at radius 1 is 1.39 bits per heavy atom. The van der Waals surface area contributed by atoms with Crippen LogP contribution in [0.2, 0.25) is 5.02 Å². The Morgan fingerprint density at radius 2 is 2.17 bits per heavy atom. The van der Waals surface area contributed by atoms with Crippen LogP contribution in [0.3, 0.4) is 0 Å². The van der Waals surface area contributed by atoms with Gasteiger partial charge < -0.3 is 5.32 Å². The van der Waals surface area contributed by atoms with Gasteiger partial charge in [-0.25, -0.2) is 0 Å². The summed E-state index contributed by atoms with van der Waals surface area (Å²) in [5.41, 5.74) is 0.833. The molecule has 0 amide bonds. The molecular formula is C11H8ClIN2O2S. The first-order valence-corrected chi connectivity index (χ1v) is 7.25. The van der Waals surface area contributed by atoms with Gasteiger partial charge in [-0.05, 0) is 46.9 Å². The summed E-state index contributed by atoms with van der Waals surface area (Å²) >= 11 is 9.42. The lowest BCUT2D eigenvalue weighted by molar-refractivity contribution is -0.380. The highest BCUT2D eigenvalue weighted by atomic mass is 127. The molecule has 1 aromatic carbocycles. The van der Waals surface area contributed by atoms with Gasteiger partial charge in [0.05, 0.1) is 15.6 Å². The molecular weight excluding hydrogens is 387 g/mol. The highest BCUT2D eigenvalue weighted by molar-refractivity contribution is 14.1. The van der Waals surface area contributed by atoms with E-state index in [9.17, 15) is 10.1 Å². The first-order chi connectivity index (χ1) is 8.56. The molecule has 1 heterocycles. The van der Waals surface area contributed by atoms with Gasteiger partial charge in [-0.2, -0.15) is 0 Å². The van der Waals surface area contributed by atoms with E-state index in [0.29, 0.717) is 11.6 Å². The Hall–Kier alpha value is -0.860. The average molecular weight is 395 g/mol. The van der Waals surface area contributed by atoms with Gasteiger partial charge in [0, 0.05) is 21.1 Å². The van der Waals surface area contributed by atoms with Gasteiger partial charge in [0.1, 0.15) is 0 Å². The van der Waals surface area contributed by atoms with E-state index in [2.05, 4.69) is 27.9 Å². The van der Waals surface area contributed by atoms with Crippen molar-refractivity contribution in [3.05, 3.63) is 53.9 Å². The Bertz CT molecular complexity index is 588. The molecule has 0 atom stereocenters. The number of hydrogen-bond acceptors (Lipinski definition) is 4. The third kappa shape index (κ3) is 3.33. The highest BCUT2D eigenvalue weighted by Crippen LogP contribution is 2.27. The van der Waals surface area contributed by atoms with E-state index in [1.807, 2.05) is 18.2 Å². The van der Waals surface area contributed by atoms with Gasteiger partial charge >= 0.3 is 5.00 Å². The number of halogens is 2. The third-order valence-electron chi connectivity index (χ3n) is 2.21. The van der Waals surface area contributed by atoms with Crippen LogP contribution in [-0.4, -0.2) is 4.92 Å². The zero-order chi connectivity index (χ0) is 13.1. The number of benzene rings is 1. The van der Waals surface area contributed by atoms with E-state index >= 15 is 0 Å². The molecule has 2 rings (SSSR count). The minimum atomic E-state index is -0.382. The van der Waals surface area contributed by atoms with Crippen molar-refractivity contribution in [1.82, 2.24) is 0 Å². The van der Waals surface area contributed by atoms with Crippen molar-refractivity contribution in [3.63, 3.8) is 0 Å². The van der Waals surface area contributed by atoms with Crippen LogP contribution in [0.15, 0.2) is 30.3 Å². The van der Waals surface area contributed by atoms with Crippen LogP contribution >= 0.6 is 45.5 Å². The van der Waals surface area contributed by atoms with Crippen molar-refractivity contribution in [1.29, 1.82) is 0 Å². The normalized spacial score (nSPS) is 10.3. The summed E-state index contributed by atoms with van der Waals surface area (Å²) in [7, 11) is 0. The fraction of sp³-hybridized carbons (Fsp3) is 0.0909. The van der Waals surface area contributed by atoms with Crippen molar-refractivity contribution in [3.8, 4) is 0 Å². The zero-order valence-corrected chi connectivity index (χ0v) is 12.8. The number of nitrogens with one attached hydrogen (secondary N) is 1. The topological polar surface area (TPSA) is 55.2 Å². The second kappa shape index (κ2) is 5.85. The van der Waals surface area contributed by atoms with Crippen LogP contribution in [-0.2, 0) is 6.54 Å². The van der Waals surface area contributed by atoms with E-state index in [1.54, 1.807) is 6.07 Å². The Morgan fingerprint density at radius 3 is 2.83 bits per heavy atom. The predicted octanol–water partition coefficient (Wildman–Crippen LogP) is 4.53. The smallest absolute Gasteiger partial charge is 0.324 e. The molecule has 0 saturated carbocycles. The van der Waals surface area contributed by atoms with E-state index in [-0.39, 0.29) is 9.92 Å². The quantitative estimate of drug-likeness (QED) is 0.471. The number of hydrogen-bond donors (Lipinski definition) is 1. The molecule has 1 aromatic heterocycles. The zero-order valence-electron chi connectivity index (χ0n) is 9.02.